The standard InChI is InChI=1S/C11H12ClN3O3/c1-16-8-4-6(12)3-7(10(8)17-2)11-14-9(5-13)18-15-11/h3-4H,5,13H2,1-2H3. The number of hydrogen-bond acceptors (Lipinski definition) is 6. The Morgan fingerprint density at radius 1 is 1.33 bits per heavy atom. The van der Waals surface area contributed by atoms with Crippen molar-refractivity contribution in [3.05, 3.63) is 23.0 Å². The molecule has 0 amide bonds. The van der Waals surface area contributed by atoms with Crippen LogP contribution in [0.5, 0.6) is 11.5 Å². The van der Waals surface area contributed by atoms with Crippen molar-refractivity contribution in [1.29, 1.82) is 0 Å². The zero-order chi connectivity index (χ0) is 13.1. The summed E-state index contributed by atoms with van der Waals surface area (Å²) in [4.78, 5) is 4.13. The number of ether oxygens (including phenoxy) is 2. The number of benzene rings is 1. The summed E-state index contributed by atoms with van der Waals surface area (Å²) in [7, 11) is 3.05. The Kier molecular flexibility index (Phi) is 3.69. The molecule has 1 aromatic carbocycles. The molecule has 0 saturated carbocycles. The maximum atomic E-state index is 6.00. The van der Waals surface area contributed by atoms with Crippen LogP contribution in [0.4, 0.5) is 0 Å². The molecule has 18 heavy (non-hydrogen) atoms. The van der Waals surface area contributed by atoms with Gasteiger partial charge in [0.2, 0.25) is 11.7 Å². The number of aromatic nitrogens is 2. The second-order valence-electron chi connectivity index (χ2n) is 3.40. The highest BCUT2D eigenvalue weighted by molar-refractivity contribution is 6.31. The Morgan fingerprint density at radius 2 is 2.11 bits per heavy atom. The van der Waals surface area contributed by atoms with Crippen molar-refractivity contribution in [3.8, 4) is 22.9 Å². The summed E-state index contributed by atoms with van der Waals surface area (Å²) in [5.74, 6) is 1.68. The van der Waals surface area contributed by atoms with Crippen LogP contribution in [0, 0.1) is 0 Å². The van der Waals surface area contributed by atoms with Crippen LogP contribution in [0.2, 0.25) is 5.02 Å². The van der Waals surface area contributed by atoms with E-state index in [9.17, 15) is 0 Å². The van der Waals surface area contributed by atoms with Crippen molar-refractivity contribution < 1.29 is 14.0 Å². The lowest BCUT2D eigenvalue weighted by Crippen LogP contribution is -1.97. The van der Waals surface area contributed by atoms with Crippen LogP contribution in [-0.4, -0.2) is 24.4 Å². The summed E-state index contributed by atoms with van der Waals surface area (Å²) in [5.41, 5.74) is 6.01. The summed E-state index contributed by atoms with van der Waals surface area (Å²) in [5, 5.41) is 4.31. The number of hydrogen-bond donors (Lipinski definition) is 1. The zero-order valence-electron chi connectivity index (χ0n) is 9.94. The van der Waals surface area contributed by atoms with Crippen LogP contribution < -0.4 is 15.2 Å². The first kappa shape index (κ1) is 12.7. The molecule has 7 heteroatoms. The Bertz CT molecular complexity index is 556. The molecule has 2 rings (SSSR count). The van der Waals surface area contributed by atoms with E-state index in [2.05, 4.69) is 10.1 Å². The molecule has 0 unspecified atom stereocenters. The van der Waals surface area contributed by atoms with Crippen molar-refractivity contribution in [2.24, 2.45) is 5.73 Å². The van der Waals surface area contributed by atoms with Gasteiger partial charge in [-0.2, -0.15) is 4.98 Å². The van der Waals surface area contributed by atoms with E-state index in [0.29, 0.717) is 33.8 Å². The molecule has 0 spiro atoms. The van der Waals surface area contributed by atoms with E-state index >= 15 is 0 Å². The Hall–Kier alpha value is -1.79. The minimum absolute atomic E-state index is 0.174. The van der Waals surface area contributed by atoms with Crippen LogP contribution in [-0.2, 0) is 6.54 Å². The normalized spacial score (nSPS) is 10.4. The number of halogens is 1. The highest BCUT2D eigenvalue weighted by atomic mass is 35.5. The van der Waals surface area contributed by atoms with Gasteiger partial charge in [-0.25, -0.2) is 0 Å². The van der Waals surface area contributed by atoms with Gasteiger partial charge in [-0.05, 0) is 6.07 Å². The molecule has 96 valence electrons. The van der Waals surface area contributed by atoms with Gasteiger partial charge in [-0.3, -0.25) is 0 Å². The van der Waals surface area contributed by atoms with Crippen molar-refractivity contribution in [1.82, 2.24) is 10.1 Å². The topological polar surface area (TPSA) is 83.4 Å². The van der Waals surface area contributed by atoms with E-state index in [-0.39, 0.29) is 6.54 Å². The number of nitrogens with zero attached hydrogens (tertiary/aromatic N) is 2. The van der Waals surface area contributed by atoms with E-state index in [1.165, 1.54) is 14.2 Å². The Balaban J connectivity index is 2.58. The van der Waals surface area contributed by atoms with Crippen LogP contribution in [0.15, 0.2) is 16.7 Å². The van der Waals surface area contributed by atoms with E-state index in [4.69, 9.17) is 31.3 Å². The quantitative estimate of drug-likeness (QED) is 0.912. The maximum Gasteiger partial charge on any atom is 0.240 e. The first-order valence-electron chi connectivity index (χ1n) is 5.14. The van der Waals surface area contributed by atoms with Gasteiger partial charge in [0.05, 0.1) is 26.3 Å². The lowest BCUT2D eigenvalue weighted by atomic mass is 10.1. The molecule has 0 aliphatic carbocycles. The van der Waals surface area contributed by atoms with E-state index in [1.807, 2.05) is 0 Å². The van der Waals surface area contributed by atoms with Gasteiger partial charge in [-0.15, -0.1) is 0 Å². The number of rotatable bonds is 4. The van der Waals surface area contributed by atoms with E-state index in [1.54, 1.807) is 12.1 Å². The molecule has 0 aliphatic heterocycles. The molecule has 0 radical (unpaired) electrons. The molecule has 0 aliphatic rings. The van der Waals surface area contributed by atoms with Gasteiger partial charge in [0.15, 0.2) is 11.5 Å². The Labute approximate surface area is 109 Å². The summed E-state index contributed by atoms with van der Waals surface area (Å²) in [6.45, 7) is 0.174. The maximum absolute atomic E-state index is 6.00. The predicted octanol–water partition coefficient (Wildman–Crippen LogP) is 1.87. The molecular formula is C11H12ClN3O3. The second-order valence-corrected chi connectivity index (χ2v) is 3.84. The van der Waals surface area contributed by atoms with Crippen LogP contribution in [0.3, 0.4) is 0 Å². The molecule has 1 aromatic heterocycles. The number of nitrogens with two attached hydrogens (primary N) is 1. The summed E-state index contributed by atoms with van der Waals surface area (Å²) >= 11 is 6.00. The molecule has 0 bridgehead atoms. The second kappa shape index (κ2) is 5.24. The number of methoxy groups -OCH3 is 2. The fourth-order valence-electron chi connectivity index (χ4n) is 1.54. The van der Waals surface area contributed by atoms with E-state index in [0.717, 1.165) is 0 Å². The van der Waals surface area contributed by atoms with Gasteiger partial charge < -0.3 is 19.7 Å². The van der Waals surface area contributed by atoms with Crippen molar-refractivity contribution in [2.45, 2.75) is 6.54 Å². The van der Waals surface area contributed by atoms with Gasteiger partial charge in [0.1, 0.15) is 0 Å². The molecule has 6 nitrogen and oxygen atoms in total. The molecule has 0 fully saturated rings. The SMILES string of the molecule is COc1cc(Cl)cc(-c2noc(CN)n2)c1OC. The van der Waals surface area contributed by atoms with Crippen molar-refractivity contribution in [3.63, 3.8) is 0 Å². The molecule has 2 N–H and O–H groups in total. The molecular weight excluding hydrogens is 258 g/mol. The predicted molar refractivity (Wildman–Crippen MR) is 65.7 cm³/mol. The minimum atomic E-state index is 0.174. The smallest absolute Gasteiger partial charge is 0.240 e. The van der Waals surface area contributed by atoms with Crippen LogP contribution in [0.25, 0.3) is 11.4 Å². The highest BCUT2D eigenvalue weighted by Gasteiger charge is 2.18. The third kappa shape index (κ3) is 2.25. The van der Waals surface area contributed by atoms with Gasteiger partial charge >= 0.3 is 0 Å². The largest absolute Gasteiger partial charge is 0.493 e. The summed E-state index contributed by atoms with van der Waals surface area (Å²) < 4.78 is 15.4. The monoisotopic (exact) mass is 269 g/mol. The van der Waals surface area contributed by atoms with Crippen molar-refractivity contribution in [2.75, 3.05) is 14.2 Å². The zero-order valence-corrected chi connectivity index (χ0v) is 10.7. The highest BCUT2D eigenvalue weighted by Crippen LogP contribution is 2.39. The van der Waals surface area contributed by atoms with Crippen molar-refractivity contribution >= 4 is 11.6 Å². The first-order valence-corrected chi connectivity index (χ1v) is 5.52. The third-order valence-electron chi connectivity index (χ3n) is 2.33. The summed E-state index contributed by atoms with van der Waals surface area (Å²) in [6.07, 6.45) is 0. The molecule has 0 atom stereocenters. The molecule has 1 heterocycles. The average Bonchev–Trinajstić information content (AvgIpc) is 2.86. The Morgan fingerprint density at radius 3 is 2.67 bits per heavy atom. The third-order valence-corrected chi connectivity index (χ3v) is 2.55. The van der Waals surface area contributed by atoms with Crippen LogP contribution >= 0.6 is 11.6 Å². The average molecular weight is 270 g/mol. The van der Waals surface area contributed by atoms with E-state index < -0.39 is 0 Å². The molecule has 2 aromatic rings. The first-order chi connectivity index (χ1) is 8.69. The van der Waals surface area contributed by atoms with Crippen LogP contribution in [0.1, 0.15) is 5.89 Å². The van der Waals surface area contributed by atoms with Gasteiger partial charge in [0.25, 0.3) is 0 Å². The lowest BCUT2D eigenvalue weighted by molar-refractivity contribution is 0.355. The summed E-state index contributed by atoms with van der Waals surface area (Å²) in [6, 6.07) is 3.32. The lowest BCUT2D eigenvalue weighted by Gasteiger charge is -2.10. The minimum Gasteiger partial charge on any atom is -0.493 e. The van der Waals surface area contributed by atoms with Gasteiger partial charge in [-0.1, -0.05) is 16.8 Å². The fraction of sp³-hybridized carbons (Fsp3) is 0.273. The molecule has 0 saturated heterocycles. The van der Waals surface area contributed by atoms with Gasteiger partial charge in [0, 0.05) is 11.1 Å². The fourth-order valence-corrected chi connectivity index (χ4v) is 1.75.